The van der Waals surface area contributed by atoms with Crippen LogP contribution in [-0.2, 0) is 4.74 Å². The van der Waals surface area contributed by atoms with Gasteiger partial charge >= 0.3 is 6.09 Å². The Morgan fingerprint density at radius 3 is 2.88 bits per heavy atom. The fraction of sp³-hybridized carbons (Fsp3) is 0.526. The molecule has 1 aromatic carbocycles. The molecule has 1 fully saturated rings. The predicted molar refractivity (Wildman–Crippen MR) is 98.8 cm³/mol. The summed E-state index contributed by atoms with van der Waals surface area (Å²) in [5.74, 6) is 0.946. The molecule has 1 atom stereocenters. The molecular formula is C19H26N4O2. The summed E-state index contributed by atoms with van der Waals surface area (Å²) in [6.45, 7) is 7.08. The van der Waals surface area contributed by atoms with E-state index in [1.165, 1.54) is 0 Å². The lowest BCUT2D eigenvalue weighted by Crippen LogP contribution is -2.48. The Hall–Kier alpha value is -2.37. The molecule has 134 valence electrons. The first-order valence-corrected chi connectivity index (χ1v) is 8.87. The number of fused-ring (bicyclic) bond motifs is 1. The minimum absolute atomic E-state index is 0.208. The van der Waals surface area contributed by atoms with E-state index in [1.54, 1.807) is 6.33 Å². The molecule has 1 aromatic heterocycles. The van der Waals surface area contributed by atoms with Gasteiger partial charge in [0.2, 0.25) is 0 Å². The third kappa shape index (κ3) is 4.38. The predicted octanol–water partition coefficient (Wildman–Crippen LogP) is 3.51. The number of piperidine rings is 1. The first-order valence-electron chi connectivity index (χ1n) is 8.87. The number of rotatable bonds is 3. The Morgan fingerprint density at radius 1 is 1.28 bits per heavy atom. The van der Waals surface area contributed by atoms with E-state index in [0.717, 1.165) is 42.5 Å². The molecule has 1 unspecified atom stereocenters. The number of ether oxygens (including phenoxy) is 1. The molecule has 2 heterocycles. The number of hydrogen-bond acceptors (Lipinski definition) is 5. The SMILES string of the molecule is CC(C)(C)OC(=O)NCC1CCCCN1c1ncnc2ccccc12. The second kappa shape index (κ2) is 7.25. The number of amides is 1. The van der Waals surface area contributed by atoms with Gasteiger partial charge in [0.1, 0.15) is 17.7 Å². The fourth-order valence-electron chi connectivity index (χ4n) is 3.23. The molecular weight excluding hydrogens is 316 g/mol. The van der Waals surface area contributed by atoms with Crippen LogP contribution in [0.25, 0.3) is 10.9 Å². The van der Waals surface area contributed by atoms with E-state index in [9.17, 15) is 4.79 Å². The minimum Gasteiger partial charge on any atom is -0.444 e. The highest BCUT2D eigenvalue weighted by Gasteiger charge is 2.26. The summed E-state index contributed by atoms with van der Waals surface area (Å²) in [5.41, 5.74) is 0.455. The maximum Gasteiger partial charge on any atom is 0.407 e. The van der Waals surface area contributed by atoms with Gasteiger partial charge in [0.05, 0.1) is 5.52 Å². The summed E-state index contributed by atoms with van der Waals surface area (Å²) in [7, 11) is 0. The minimum atomic E-state index is -0.487. The van der Waals surface area contributed by atoms with Gasteiger partial charge < -0.3 is 15.0 Å². The van der Waals surface area contributed by atoms with Gasteiger partial charge in [-0.3, -0.25) is 0 Å². The van der Waals surface area contributed by atoms with Gasteiger partial charge in [-0.1, -0.05) is 12.1 Å². The molecule has 1 amide bonds. The molecule has 0 bridgehead atoms. The van der Waals surface area contributed by atoms with Crippen LogP contribution in [0.4, 0.5) is 10.6 Å². The summed E-state index contributed by atoms with van der Waals surface area (Å²) in [6, 6.07) is 8.25. The van der Waals surface area contributed by atoms with Crippen LogP contribution in [0.5, 0.6) is 0 Å². The van der Waals surface area contributed by atoms with Gasteiger partial charge in [0.15, 0.2) is 0 Å². The third-order valence-electron chi connectivity index (χ3n) is 4.30. The van der Waals surface area contributed by atoms with Gasteiger partial charge in [-0.05, 0) is 52.2 Å². The van der Waals surface area contributed by atoms with Crippen molar-refractivity contribution >= 4 is 22.8 Å². The molecule has 1 aliphatic heterocycles. The standard InChI is InChI=1S/C19H26N4O2/c1-19(2,3)25-18(24)20-12-14-8-6-7-11-23(14)17-15-9-4-5-10-16(15)21-13-22-17/h4-5,9-10,13-14H,6-8,11-12H2,1-3H3,(H,20,24). The molecule has 2 aromatic rings. The van der Waals surface area contributed by atoms with E-state index in [1.807, 2.05) is 39.0 Å². The van der Waals surface area contributed by atoms with Crippen molar-refractivity contribution in [1.82, 2.24) is 15.3 Å². The van der Waals surface area contributed by atoms with E-state index in [0.29, 0.717) is 6.54 Å². The zero-order valence-electron chi connectivity index (χ0n) is 15.2. The zero-order chi connectivity index (χ0) is 17.9. The number of para-hydroxylation sites is 1. The van der Waals surface area contributed by atoms with Gasteiger partial charge in [0.25, 0.3) is 0 Å². The Morgan fingerprint density at radius 2 is 2.08 bits per heavy atom. The summed E-state index contributed by atoms with van der Waals surface area (Å²) in [4.78, 5) is 23.2. The van der Waals surface area contributed by atoms with Crippen LogP contribution in [0.2, 0.25) is 0 Å². The van der Waals surface area contributed by atoms with Crippen LogP contribution >= 0.6 is 0 Å². The smallest absolute Gasteiger partial charge is 0.407 e. The van der Waals surface area contributed by atoms with Crippen LogP contribution in [0, 0.1) is 0 Å². The van der Waals surface area contributed by atoms with Crippen LogP contribution in [0.15, 0.2) is 30.6 Å². The van der Waals surface area contributed by atoms with Gasteiger partial charge in [-0.25, -0.2) is 14.8 Å². The lowest BCUT2D eigenvalue weighted by molar-refractivity contribution is 0.0523. The Labute approximate surface area is 148 Å². The number of nitrogens with one attached hydrogen (secondary N) is 1. The van der Waals surface area contributed by atoms with Crippen molar-refractivity contribution in [2.24, 2.45) is 0 Å². The normalized spacial score (nSPS) is 18.2. The first kappa shape index (κ1) is 17.5. The number of alkyl carbamates (subject to hydrolysis) is 1. The molecule has 0 aliphatic carbocycles. The number of anilines is 1. The van der Waals surface area contributed by atoms with Crippen LogP contribution in [-0.4, -0.2) is 40.8 Å². The summed E-state index contributed by atoms with van der Waals surface area (Å²) in [5, 5.41) is 3.96. The number of hydrogen-bond donors (Lipinski definition) is 1. The Bertz CT molecular complexity index is 736. The van der Waals surface area contributed by atoms with Gasteiger partial charge in [-0.2, -0.15) is 0 Å². The van der Waals surface area contributed by atoms with E-state index in [-0.39, 0.29) is 12.1 Å². The molecule has 0 radical (unpaired) electrons. The lowest BCUT2D eigenvalue weighted by atomic mass is 10.0. The van der Waals surface area contributed by atoms with E-state index in [4.69, 9.17) is 4.74 Å². The van der Waals surface area contributed by atoms with E-state index < -0.39 is 5.60 Å². The van der Waals surface area contributed by atoms with Crippen molar-refractivity contribution in [3.05, 3.63) is 30.6 Å². The highest BCUT2D eigenvalue weighted by atomic mass is 16.6. The van der Waals surface area contributed by atoms with Crippen molar-refractivity contribution in [1.29, 1.82) is 0 Å². The number of benzene rings is 1. The molecule has 6 nitrogen and oxygen atoms in total. The average molecular weight is 342 g/mol. The summed E-state index contributed by atoms with van der Waals surface area (Å²) in [6.07, 6.45) is 4.55. The van der Waals surface area contributed by atoms with Crippen molar-refractivity contribution in [3.63, 3.8) is 0 Å². The second-order valence-corrected chi connectivity index (χ2v) is 7.44. The number of aromatic nitrogens is 2. The summed E-state index contributed by atoms with van der Waals surface area (Å²) >= 11 is 0. The van der Waals surface area contributed by atoms with Crippen LogP contribution < -0.4 is 10.2 Å². The Balaban J connectivity index is 1.76. The summed E-state index contributed by atoms with van der Waals surface area (Å²) < 4.78 is 5.35. The highest BCUT2D eigenvalue weighted by molar-refractivity contribution is 5.89. The molecule has 1 aliphatic rings. The molecule has 3 rings (SSSR count). The molecule has 1 N–H and O–H groups in total. The second-order valence-electron chi connectivity index (χ2n) is 7.44. The molecule has 6 heteroatoms. The fourth-order valence-corrected chi connectivity index (χ4v) is 3.23. The molecule has 0 spiro atoms. The quantitative estimate of drug-likeness (QED) is 0.924. The third-order valence-corrected chi connectivity index (χ3v) is 4.30. The van der Waals surface area contributed by atoms with Crippen molar-refractivity contribution in [3.8, 4) is 0 Å². The topological polar surface area (TPSA) is 67.3 Å². The largest absolute Gasteiger partial charge is 0.444 e. The van der Waals surface area contributed by atoms with Crippen molar-refractivity contribution < 1.29 is 9.53 Å². The maximum absolute atomic E-state index is 12.0. The number of nitrogens with zero attached hydrogens (tertiary/aromatic N) is 3. The van der Waals surface area contributed by atoms with E-state index in [2.05, 4.69) is 26.3 Å². The average Bonchev–Trinajstić information content (AvgIpc) is 2.58. The van der Waals surface area contributed by atoms with Crippen molar-refractivity contribution in [2.45, 2.75) is 51.7 Å². The maximum atomic E-state index is 12.0. The van der Waals surface area contributed by atoms with Gasteiger partial charge in [0, 0.05) is 24.5 Å². The van der Waals surface area contributed by atoms with Gasteiger partial charge in [-0.15, -0.1) is 0 Å². The lowest BCUT2D eigenvalue weighted by Gasteiger charge is -2.37. The Kier molecular flexibility index (Phi) is 5.06. The zero-order valence-corrected chi connectivity index (χ0v) is 15.2. The van der Waals surface area contributed by atoms with Crippen molar-refractivity contribution in [2.75, 3.05) is 18.0 Å². The number of carbonyl (C=O) groups is 1. The van der Waals surface area contributed by atoms with Crippen LogP contribution in [0.3, 0.4) is 0 Å². The van der Waals surface area contributed by atoms with Crippen LogP contribution in [0.1, 0.15) is 40.0 Å². The van der Waals surface area contributed by atoms with E-state index >= 15 is 0 Å². The monoisotopic (exact) mass is 342 g/mol. The number of carbonyl (C=O) groups excluding carboxylic acids is 1. The molecule has 1 saturated heterocycles. The molecule has 0 saturated carbocycles. The first-order chi connectivity index (χ1) is 11.9. The molecule has 25 heavy (non-hydrogen) atoms. The highest BCUT2D eigenvalue weighted by Crippen LogP contribution is 2.28.